The number of carbonyl (C=O) groups is 3. The molecular formula is C60H87NO22. The van der Waals surface area contributed by atoms with Crippen LogP contribution in [0.5, 0.6) is 0 Å². The zero-order valence-electron chi connectivity index (χ0n) is 47.2. The first-order valence-electron chi connectivity index (χ1n) is 28.3. The van der Waals surface area contributed by atoms with Gasteiger partial charge in [0, 0.05) is 43.1 Å². The minimum absolute atomic E-state index is 0.145. The lowest BCUT2D eigenvalue weighted by Crippen LogP contribution is -2.64. The maximum Gasteiger partial charge on any atom is 0.311 e. The number of carboxylic acids is 1. The number of nitrogens with one attached hydrogen (secondary N) is 1. The summed E-state index contributed by atoms with van der Waals surface area (Å²) in [6, 6.07) is 7.32. The van der Waals surface area contributed by atoms with Gasteiger partial charge in [0.2, 0.25) is 0 Å². The number of ether oxygens (including phenoxy) is 6. The fourth-order valence-corrected chi connectivity index (χ4v) is 10.3. The molecular weight excluding hydrogens is 1090 g/mol. The molecule has 0 aromatic heterocycles. The van der Waals surface area contributed by atoms with Crippen LogP contribution in [0.2, 0.25) is 0 Å². The molecule has 23 atom stereocenters. The largest absolute Gasteiger partial charge is 0.481 e. The number of carbonyl (C=O) groups excluding carboxylic acids is 2. The summed E-state index contributed by atoms with van der Waals surface area (Å²) >= 11 is 0. The Balaban J connectivity index is 1.35. The van der Waals surface area contributed by atoms with Gasteiger partial charge in [-0.15, -0.1) is 0 Å². The van der Waals surface area contributed by atoms with Crippen LogP contribution in [0.25, 0.3) is 0 Å². The Morgan fingerprint density at radius 2 is 1.29 bits per heavy atom. The summed E-state index contributed by atoms with van der Waals surface area (Å²) in [5.74, 6) is -8.04. The molecule has 0 radical (unpaired) electrons. The van der Waals surface area contributed by atoms with E-state index < -0.39 is 190 Å². The molecule has 0 saturated carbocycles. The van der Waals surface area contributed by atoms with Crippen LogP contribution in [0.15, 0.2) is 115 Å². The number of ketones is 1. The second kappa shape index (κ2) is 33.8. The smallest absolute Gasteiger partial charge is 0.311 e. The number of aliphatic carboxylic acids is 1. The van der Waals surface area contributed by atoms with Crippen LogP contribution in [0.3, 0.4) is 0 Å². The van der Waals surface area contributed by atoms with E-state index in [1.54, 1.807) is 117 Å². The van der Waals surface area contributed by atoms with Crippen LogP contribution in [-0.4, -0.2) is 213 Å². The molecule has 4 aliphatic rings. The number of allylic oxidation sites excluding steroid dienone is 12. The van der Waals surface area contributed by atoms with Gasteiger partial charge < -0.3 is 100 Å². The van der Waals surface area contributed by atoms with E-state index in [-0.39, 0.29) is 31.8 Å². The van der Waals surface area contributed by atoms with Crippen LogP contribution in [-0.2, 0) is 42.8 Å². The minimum Gasteiger partial charge on any atom is -0.481 e. The number of esters is 1. The first-order chi connectivity index (χ1) is 39.4. The fraction of sp³-hybridized carbons (Fsp3) is 0.617. The molecule has 23 nitrogen and oxygen atoms in total. The average Bonchev–Trinajstić information content (AvgIpc) is 3.63. The van der Waals surface area contributed by atoms with Gasteiger partial charge in [0.05, 0.1) is 92.8 Å². The van der Waals surface area contributed by atoms with Crippen LogP contribution < -0.4 is 5.32 Å². The Kier molecular flexibility index (Phi) is 28.2. The molecule has 3 fully saturated rings. The summed E-state index contributed by atoms with van der Waals surface area (Å²) in [4.78, 5) is 38.9. The quantitative estimate of drug-likeness (QED) is 0.152. The second-order valence-electron chi connectivity index (χ2n) is 22.1. The molecule has 23 unspecified atom stereocenters. The van der Waals surface area contributed by atoms with Gasteiger partial charge in [0.1, 0.15) is 36.4 Å². The van der Waals surface area contributed by atoms with Crippen molar-refractivity contribution in [1.82, 2.24) is 5.32 Å². The highest BCUT2D eigenvalue weighted by Gasteiger charge is 2.51. The summed E-state index contributed by atoms with van der Waals surface area (Å²) in [7, 11) is 0. The summed E-state index contributed by atoms with van der Waals surface area (Å²) in [5, 5.41) is 146. The highest BCUT2D eigenvalue weighted by molar-refractivity contribution is 5.85. The molecule has 0 spiro atoms. The maximum atomic E-state index is 13.4. The molecule has 0 amide bonds. The zero-order valence-corrected chi connectivity index (χ0v) is 47.2. The summed E-state index contributed by atoms with van der Waals surface area (Å²) < 4.78 is 35.0. The highest BCUT2D eigenvalue weighted by atomic mass is 16.7. The third-order valence-electron chi connectivity index (χ3n) is 15.3. The van der Waals surface area contributed by atoms with Gasteiger partial charge in [-0.25, -0.2) is 0 Å². The van der Waals surface area contributed by atoms with E-state index in [9.17, 15) is 80.8 Å². The summed E-state index contributed by atoms with van der Waals surface area (Å²) in [5.41, 5.74) is 0.582. The highest BCUT2D eigenvalue weighted by Crippen LogP contribution is 2.38. The Labute approximate surface area is 483 Å². The van der Waals surface area contributed by atoms with Crippen molar-refractivity contribution in [2.24, 2.45) is 17.8 Å². The van der Waals surface area contributed by atoms with Gasteiger partial charge >= 0.3 is 11.9 Å². The number of Topliss-reactive ketones (excluding diaryl/α,β-unsaturated/α-hetero) is 1. The normalized spacial score (nSPS) is 39.6. The third-order valence-corrected chi connectivity index (χ3v) is 15.3. The van der Waals surface area contributed by atoms with E-state index in [4.69, 9.17) is 28.4 Å². The number of hydrogen-bond donors (Lipinski definition) is 14. The third kappa shape index (κ3) is 21.6. The lowest BCUT2D eigenvalue weighted by atomic mass is 9.82. The molecule has 1 aromatic carbocycles. The predicted molar refractivity (Wildman–Crippen MR) is 298 cm³/mol. The number of rotatable bonds is 9. The molecule has 0 aliphatic carbocycles. The Morgan fingerprint density at radius 1 is 0.675 bits per heavy atom. The number of fused-ring (bicyclic) bond motifs is 2. The van der Waals surface area contributed by atoms with Gasteiger partial charge in [0.25, 0.3) is 0 Å². The van der Waals surface area contributed by atoms with E-state index in [2.05, 4.69) is 5.32 Å². The Hall–Kier alpha value is -4.71. The molecule has 3 saturated heterocycles. The van der Waals surface area contributed by atoms with Crippen LogP contribution in [0, 0.1) is 17.8 Å². The van der Waals surface area contributed by atoms with E-state index >= 15 is 0 Å². The predicted octanol–water partition coefficient (Wildman–Crippen LogP) is 0.748. The fourth-order valence-electron chi connectivity index (χ4n) is 10.3. The molecule has 83 heavy (non-hydrogen) atoms. The van der Waals surface area contributed by atoms with Crippen molar-refractivity contribution in [3.8, 4) is 0 Å². The van der Waals surface area contributed by atoms with Crippen molar-refractivity contribution < 1.29 is 109 Å². The number of benzene rings is 1. The zero-order chi connectivity index (χ0) is 61.0. The molecule has 5 rings (SSSR count). The van der Waals surface area contributed by atoms with Gasteiger partial charge in [-0.05, 0) is 33.1 Å². The van der Waals surface area contributed by atoms with Crippen molar-refractivity contribution in [1.29, 1.82) is 0 Å². The van der Waals surface area contributed by atoms with E-state index in [0.29, 0.717) is 5.56 Å². The lowest BCUT2D eigenvalue weighted by molar-refractivity contribution is -0.309. The molecule has 4 aliphatic heterocycles. The topological polar surface area (TPSA) is 382 Å². The monoisotopic (exact) mass is 1170 g/mol. The van der Waals surface area contributed by atoms with Crippen molar-refractivity contribution in [2.45, 2.75) is 201 Å². The number of hydrogen-bond acceptors (Lipinski definition) is 22. The number of carboxylic acid groups (broad SMARTS) is 1. The van der Waals surface area contributed by atoms with Gasteiger partial charge in [-0.2, -0.15) is 0 Å². The maximum absolute atomic E-state index is 13.4. The van der Waals surface area contributed by atoms with Crippen LogP contribution in [0.4, 0.5) is 0 Å². The molecule has 2 bridgehead atoms. The Bertz CT molecular complexity index is 2360. The second-order valence-corrected chi connectivity index (χ2v) is 22.1. The average molecular weight is 1170 g/mol. The lowest BCUT2D eigenvalue weighted by Gasteiger charge is -2.45. The first kappa shape index (κ1) is 69.1. The van der Waals surface area contributed by atoms with Gasteiger partial charge in [-0.1, -0.05) is 129 Å². The number of aliphatic hydroxyl groups excluding tert-OH is 11. The first-order valence-corrected chi connectivity index (χ1v) is 28.3. The van der Waals surface area contributed by atoms with Crippen molar-refractivity contribution in [2.75, 3.05) is 13.2 Å². The Morgan fingerprint density at radius 3 is 1.92 bits per heavy atom. The van der Waals surface area contributed by atoms with Gasteiger partial charge in [-0.3, -0.25) is 14.4 Å². The standard InChI is InChI=1S/C60H87NO22/c1-34-20-16-13-11-9-7-5-6-8-10-12-14-19-23-42(81-59-55(74)51(53(72)37(4)80-59)61-32-46(68)54(73)56-47(69)33-78-58(82-56)38-21-17-15-18-22-38)29-48-50(57(75)76)45(67)31-60(77,83-48)30-41(64)27-44(66)43(65)25-24-39(62)26-40(63)28-49(70)79-36(3)35(2)52(34)71/h5-23,34-37,39-45,47-48,50-56,58-59,61-67,69,71-74,77H,24-33H2,1-4H3,(H,75,76). The van der Waals surface area contributed by atoms with E-state index in [0.717, 1.165) is 0 Å². The SMILES string of the molecule is CC1C=CC=CC=CC=CC=CC=CC=CC(OC2OC(C)C(O)C(NCC(=O)C(O)C3OC(c4ccccc4)OCC3O)C2O)CC2OC(O)(CC(O)CC(O)C(O)CCC(O)CC(O)CC(=O)OC(C)C(C)C1O)CC(O)C2C(=O)O. The van der Waals surface area contributed by atoms with Crippen molar-refractivity contribution >= 4 is 17.7 Å². The number of aliphatic hydroxyl groups is 12. The molecule has 14 N–H and O–H groups in total. The minimum atomic E-state index is -2.42. The van der Waals surface area contributed by atoms with E-state index in [1.165, 1.54) is 19.1 Å². The summed E-state index contributed by atoms with van der Waals surface area (Å²) in [6.45, 7) is 5.75. The molecule has 23 heteroatoms. The summed E-state index contributed by atoms with van der Waals surface area (Å²) in [6.07, 6.45) is -4.73. The van der Waals surface area contributed by atoms with Crippen molar-refractivity contribution in [3.63, 3.8) is 0 Å². The number of cyclic esters (lactones) is 1. The van der Waals surface area contributed by atoms with Gasteiger partial charge in [0.15, 0.2) is 24.2 Å². The van der Waals surface area contributed by atoms with Crippen LogP contribution in [0.1, 0.15) is 90.9 Å². The van der Waals surface area contributed by atoms with E-state index in [1.807, 2.05) is 6.92 Å². The molecule has 1 aromatic rings. The van der Waals surface area contributed by atoms with Crippen LogP contribution >= 0.6 is 0 Å². The molecule has 4 heterocycles. The van der Waals surface area contributed by atoms with Crippen molar-refractivity contribution in [3.05, 3.63) is 121 Å². The molecule has 464 valence electrons.